The second-order valence-corrected chi connectivity index (χ2v) is 12.0. The first-order valence-electron chi connectivity index (χ1n) is 14.8. The monoisotopic (exact) mass is 591 g/mol. The lowest BCUT2D eigenvalue weighted by molar-refractivity contribution is 1.18. The number of fused-ring (bicyclic) bond motifs is 3. The SMILES string of the molecule is N#Cc1cccc(-c2cc(-c3cc(-c4ccccc4)cc(-c4cccc5c4sc4ccccc45)c3)nc(-c3ccccc3)n2)c1. The van der Waals surface area contributed by atoms with E-state index in [1.54, 1.807) is 0 Å². The molecule has 8 rings (SSSR count). The molecule has 0 aliphatic rings. The molecule has 0 aliphatic carbocycles. The van der Waals surface area contributed by atoms with Gasteiger partial charge in [0.1, 0.15) is 0 Å². The summed E-state index contributed by atoms with van der Waals surface area (Å²) in [5.41, 5.74) is 9.61. The predicted octanol–water partition coefficient (Wildman–Crippen LogP) is 11.1. The van der Waals surface area contributed by atoms with Crippen molar-refractivity contribution in [2.75, 3.05) is 0 Å². The summed E-state index contributed by atoms with van der Waals surface area (Å²) >= 11 is 1.84. The van der Waals surface area contributed by atoms with Crippen molar-refractivity contribution in [3.05, 3.63) is 157 Å². The molecule has 0 aliphatic heterocycles. The summed E-state index contributed by atoms with van der Waals surface area (Å²) < 4.78 is 2.56. The highest BCUT2D eigenvalue weighted by Gasteiger charge is 2.16. The van der Waals surface area contributed by atoms with Gasteiger partial charge in [0.05, 0.1) is 23.0 Å². The van der Waals surface area contributed by atoms with Crippen molar-refractivity contribution in [1.82, 2.24) is 9.97 Å². The molecule has 0 saturated heterocycles. The minimum atomic E-state index is 0.596. The number of nitrogens with zero attached hydrogens (tertiary/aromatic N) is 3. The lowest BCUT2D eigenvalue weighted by Crippen LogP contribution is -1.97. The van der Waals surface area contributed by atoms with E-state index >= 15 is 0 Å². The van der Waals surface area contributed by atoms with E-state index in [1.165, 1.54) is 25.7 Å². The molecule has 0 fully saturated rings. The van der Waals surface area contributed by atoms with Crippen LogP contribution in [0.5, 0.6) is 0 Å². The van der Waals surface area contributed by atoms with Gasteiger partial charge in [-0.25, -0.2) is 9.97 Å². The maximum Gasteiger partial charge on any atom is 0.160 e. The number of aromatic nitrogens is 2. The summed E-state index contributed by atoms with van der Waals surface area (Å²) in [5, 5.41) is 12.1. The van der Waals surface area contributed by atoms with Crippen LogP contribution in [0.1, 0.15) is 5.56 Å². The van der Waals surface area contributed by atoms with E-state index in [-0.39, 0.29) is 0 Å². The molecule has 0 radical (unpaired) electrons. The summed E-state index contributed by atoms with van der Waals surface area (Å²) in [4.78, 5) is 10.1. The molecule has 0 saturated carbocycles. The molecule has 0 bridgehead atoms. The molecule has 0 spiro atoms. The minimum Gasteiger partial charge on any atom is -0.228 e. The average Bonchev–Trinajstić information content (AvgIpc) is 3.51. The maximum atomic E-state index is 9.59. The Bertz CT molecular complexity index is 2390. The fourth-order valence-corrected chi connectivity index (χ4v) is 7.15. The van der Waals surface area contributed by atoms with Crippen LogP contribution in [0.2, 0.25) is 0 Å². The highest BCUT2D eigenvalue weighted by Crippen LogP contribution is 2.42. The molecule has 6 aromatic carbocycles. The van der Waals surface area contributed by atoms with Crippen LogP contribution in [0.3, 0.4) is 0 Å². The third kappa shape index (κ3) is 5.06. The van der Waals surface area contributed by atoms with E-state index in [2.05, 4.69) is 91.0 Å². The van der Waals surface area contributed by atoms with Gasteiger partial charge < -0.3 is 0 Å². The third-order valence-electron chi connectivity index (χ3n) is 8.10. The van der Waals surface area contributed by atoms with E-state index in [1.807, 2.05) is 78.1 Å². The van der Waals surface area contributed by atoms with E-state index in [0.717, 1.165) is 44.8 Å². The molecule has 0 N–H and O–H groups in total. The Balaban J connectivity index is 1.38. The van der Waals surface area contributed by atoms with E-state index < -0.39 is 0 Å². The number of hydrogen-bond acceptors (Lipinski definition) is 4. The smallest absolute Gasteiger partial charge is 0.160 e. The fraction of sp³-hybridized carbons (Fsp3) is 0. The average molecular weight is 592 g/mol. The Hall–Kier alpha value is -5.89. The number of thiophene rings is 1. The van der Waals surface area contributed by atoms with Gasteiger partial charge in [0.2, 0.25) is 0 Å². The van der Waals surface area contributed by atoms with Crippen LogP contribution in [0.15, 0.2) is 152 Å². The molecule has 0 unspecified atom stereocenters. The zero-order valence-corrected chi connectivity index (χ0v) is 25.0. The highest BCUT2D eigenvalue weighted by molar-refractivity contribution is 7.26. The molecule has 2 heterocycles. The minimum absolute atomic E-state index is 0.596. The van der Waals surface area contributed by atoms with E-state index in [4.69, 9.17) is 9.97 Å². The number of benzene rings is 6. The molecule has 8 aromatic rings. The van der Waals surface area contributed by atoms with Crippen LogP contribution in [0, 0.1) is 11.3 Å². The van der Waals surface area contributed by atoms with Crippen LogP contribution in [-0.4, -0.2) is 9.97 Å². The van der Waals surface area contributed by atoms with Gasteiger partial charge in [0, 0.05) is 36.9 Å². The van der Waals surface area contributed by atoms with E-state index in [0.29, 0.717) is 11.4 Å². The lowest BCUT2D eigenvalue weighted by atomic mass is 9.94. The van der Waals surface area contributed by atoms with Crippen molar-refractivity contribution in [1.29, 1.82) is 5.26 Å². The van der Waals surface area contributed by atoms with Gasteiger partial charge in [-0.05, 0) is 64.7 Å². The first-order valence-corrected chi connectivity index (χ1v) is 15.6. The summed E-state index contributed by atoms with van der Waals surface area (Å²) in [7, 11) is 0. The van der Waals surface area contributed by atoms with Gasteiger partial charge in [0.25, 0.3) is 0 Å². The number of nitriles is 1. The highest BCUT2D eigenvalue weighted by atomic mass is 32.1. The second kappa shape index (κ2) is 11.3. The Labute approximate surface area is 265 Å². The Morgan fingerprint density at radius 3 is 1.89 bits per heavy atom. The molecule has 4 heteroatoms. The van der Waals surface area contributed by atoms with Crippen LogP contribution < -0.4 is 0 Å². The predicted molar refractivity (Wildman–Crippen MR) is 187 cm³/mol. The van der Waals surface area contributed by atoms with Crippen molar-refractivity contribution >= 4 is 31.5 Å². The van der Waals surface area contributed by atoms with Crippen molar-refractivity contribution in [2.45, 2.75) is 0 Å². The zero-order chi connectivity index (χ0) is 30.2. The van der Waals surface area contributed by atoms with Gasteiger partial charge in [-0.3, -0.25) is 0 Å². The zero-order valence-electron chi connectivity index (χ0n) is 24.2. The first kappa shape index (κ1) is 26.7. The molecule has 45 heavy (non-hydrogen) atoms. The Morgan fingerprint density at radius 2 is 1.09 bits per heavy atom. The molecule has 210 valence electrons. The van der Waals surface area contributed by atoms with Gasteiger partial charge in [-0.2, -0.15) is 5.26 Å². The van der Waals surface area contributed by atoms with Gasteiger partial charge in [-0.15, -0.1) is 11.3 Å². The molecular weight excluding hydrogens is 567 g/mol. The van der Waals surface area contributed by atoms with Crippen molar-refractivity contribution in [2.24, 2.45) is 0 Å². The third-order valence-corrected chi connectivity index (χ3v) is 9.32. The maximum absolute atomic E-state index is 9.59. The molecular formula is C41H25N3S. The van der Waals surface area contributed by atoms with Crippen LogP contribution >= 0.6 is 11.3 Å². The van der Waals surface area contributed by atoms with Crippen molar-refractivity contribution in [3.8, 4) is 62.2 Å². The van der Waals surface area contributed by atoms with E-state index in [9.17, 15) is 5.26 Å². The summed E-state index contributed by atoms with van der Waals surface area (Å²) in [6, 6.07) is 54.4. The number of rotatable bonds is 5. The Kier molecular flexibility index (Phi) is 6.72. The molecule has 0 atom stereocenters. The van der Waals surface area contributed by atoms with Crippen molar-refractivity contribution < 1.29 is 0 Å². The van der Waals surface area contributed by atoms with Gasteiger partial charge in [0.15, 0.2) is 5.82 Å². The first-order chi connectivity index (χ1) is 22.2. The normalized spacial score (nSPS) is 11.1. The van der Waals surface area contributed by atoms with Crippen LogP contribution in [-0.2, 0) is 0 Å². The van der Waals surface area contributed by atoms with Crippen molar-refractivity contribution in [3.63, 3.8) is 0 Å². The molecule has 3 nitrogen and oxygen atoms in total. The molecule has 0 amide bonds. The summed E-state index contributed by atoms with van der Waals surface area (Å²) in [6.45, 7) is 0. The summed E-state index contributed by atoms with van der Waals surface area (Å²) in [6.07, 6.45) is 0. The number of hydrogen-bond donors (Lipinski definition) is 0. The lowest BCUT2D eigenvalue weighted by Gasteiger charge is -2.14. The van der Waals surface area contributed by atoms with Crippen LogP contribution in [0.25, 0.3) is 76.3 Å². The topological polar surface area (TPSA) is 49.6 Å². The Morgan fingerprint density at radius 1 is 0.467 bits per heavy atom. The van der Waals surface area contributed by atoms with Crippen LogP contribution in [0.4, 0.5) is 0 Å². The largest absolute Gasteiger partial charge is 0.228 e. The second-order valence-electron chi connectivity index (χ2n) is 11.0. The standard InChI is InChI=1S/C41H25N3S/c42-26-27-11-9-16-30(21-27)37-25-38(44-41(43-37)29-14-5-2-6-15-29)33-23-31(28-12-3-1-4-13-28)22-32(24-33)34-18-10-19-36-35-17-7-8-20-39(35)45-40(34)36/h1-25H. The van der Waals surface area contributed by atoms with Gasteiger partial charge >= 0.3 is 0 Å². The molecule has 2 aromatic heterocycles. The van der Waals surface area contributed by atoms with Gasteiger partial charge in [-0.1, -0.05) is 109 Å². The summed E-state index contributed by atoms with van der Waals surface area (Å²) in [5.74, 6) is 0.642. The fourth-order valence-electron chi connectivity index (χ4n) is 5.91. The quantitative estimate of drug-likeness (QED) is 0.200.